The van der Waals surface area contributed by atoms with Gasteiger partial charge in [-0.3, -0.25) is 9.59 Å². The minimum atomic E-state index is -0.576. The summed E-state index contributed by atoms with van der Waals surface area (Å²) in [5.41, 5.74) is 1.02. The molecular weight excluding hydrogens is 350 g/mol. The molecule has 150 valence electrons. The largest absolute Gasteiger partial charge is 0.333 e. The zero-order valence-corrected chi connectivity index (χ0v) is 17.0. The maximum atomic E-state index is 13.0. The van der Waals surface area contributed by atoms with Crippen molar-refractivity contribution in [1.82, 2.24) is 9.88 Å². The molecule has 0 spiro atoms. The fourth-order valence-corrected chi connectivity index (χ4v) is 3.42. The van der Waals surface area contributed by atoms with Gasteiger partial charge < -0.3 is 10.2 Å². The number of carbonyl (C=O) groups is 2. The topological polar surface area (TPSA) is 62.3 Å². The minimum absolute atomic E-state index is 0.217. The van der Waals surface area contributed by atoms with Gasteiger partial charge in [0.1, 0.15) is 11.9 Å². The average molecular weight is 382 g/mol. The zero-order chi connectivity index (χ0) is 20.4. The number of rotatable bonds is 11. The molecule has 1 N–H and O–H groups in total. The lowest BCUT2D eigenvalue weighted by Crippen LogP contribution is -2.45. The van der Waals surface area contributed by atoms with Crippen LogP contribution in [-0.4, -0.2) is 34.8 Å². The summed E-state index contributed by atoms with van der Waals surface area (Å²) in [6.45, 7) is 7.16. The monoisotopic (exact) mass is 381 g/mol. The summed E-state index contributed by atoms with van der Waals surface area (Å²) < 4.78 is 0. The molecule has 5 heteroatoms. The lowest BCUT2D eigenvalue weighted by Gasteiger charge is -2.29. The highest BCUT2D eigenvalue weighted by molar-refractivity contribution is 5.95. The van der Waals surface area contributed by atoms with Crippen molar-refractivity contribution in [3.8, 4) is 0 Å². The summed E-state index contributed by atoms with van der Waals surface area (Å²) in [6, 6.07) is 14.6. The summed E-state index contributed by atoms with van der Waals surface area (Å²) in [6.07, 6.45) is 4.88. The van der Waals surface area contributed by atoms with Crippen LogP contribution in [0.15, 0.2) is 54.7 Å². The van der Waals surface area contributed by atoms with Crippen molar-refractivity contribution in [2.75, 3.05) is 11.9 Å². The SMILES string of the molecule is CC(C)CC(C)CCN(C=O)C(Cc1ccccc1)C(=O)Nc1ccccn1. The number of amides is 2. The first-order valence-electron chi connectivity index (χ1n) is 9.96. The van der Waals surface area contributed by atoms with Crippen LogP contribution in [0.2, 0.25) is 0 Å². The number of anilines is 1. The molecule has 28 heavy (non-hydrogen) atoms. The third-order valence-corrected chi connectivity index (χ3v) is 4.78. The summed E-state index contributed by atoms with van der Waals surface area (Å²) in [5, 5.41) is 2.85. The van der Waals surface area contributed by atoms with Crippen molar-refractivity contribution in [3.05, 3.63) is 60.3 Å². The molecule has 0 aliphatic carbocycles. The molecule has 0 fully saturated rings. The number of pyridine rings is 1. The number of nitrogens with zero attached hydrogens (tertiary/aromatic N) is 2. The molecule has 2 atom stereocenters. The molecule has 0 saturated carbocycles. The van der Waals surface area contributed by atoms with Crippen LogP contribution in [0.25, 0.3) is 0 Å². The molecular formula is C23H31N3O2. The fourth-order valence-electron chi connectivity index (χ4n) is 3.42. The molecule has 0 aliphatic rings. The molecule has 0 bridgehead atoms. The van der Waals surface area contributed by atoms with E-state index in [4.69, 9.17) is 0 Å². The van der Waals surface area contributed by atoms with Crippen molar-refractivity contribution in [2.24, 2.45) is 11.8 Å². The Morgan fingerprint density at radius 1 is 1.11 bits per heavy atom. The van der Waals surface area contributed by atoms with Crippen LogP contribution in [0.4, 0.5) is 5.82 Å². The van der Waals surface area contributed by atoms with E-state index in [1.807, 2.05) is 36.4 Å². The third kappa shape index (κ3) is 7.14. The zero-order valence-electron chi connectivity index (χ0n) is 17.0. The van der Waals surface area contributed by atoms with Crippen LogP contribution in [0.3, 0.4) is 0 Å². The first kappa shape index (κ1) is 21.6. The highest BCUT2D eigenvalue weighted by atomic mass is 16.2. The molecule has 0 aliphatic heterocycles. The van der Waals surface area contributed by atoms with E-state index in [9.17, 15) is 9.59 Å². The smallest absolute Gasteiger partial charge is 0.248 e. The number of carbonyl (C=O) groups excluding carboxylic acids is 2. The fraction of sp³-hybridized carbons (Fsp3) is 0.435. The first-order valence-corrected chi connectivity index (χ1v) is 9.96. The standard InChI is InChI=1S/C23H31N3O2/c1-18(2)15-19(3)12-14-26(17-27)21(16-20-9-5-4-6-10-20)23(28)25-22-11-7-8-13-24-22/h4-11,13,17-19,21H,12,14-16H2,1-3H3,(H,24,25,28). The van der Waals surface area contributed by atoms with Crippen LogP contribution in [0.5, 0.6) is 0 Å². The molecule has 1 aromatic heterocycles. The van der Waals surface area contributed by atoms with Crippen molar-refractivity contribution in [1.29, 1.82) is 0 Å². The number of hydrogen-bond acceptors (Lipinski definition) is 3. The van der Waals surface area contributed by atoms with Crippen molar-refractivity contribution < 1.29 is 9.59 Å². The van der Waals surface area contributed by atoms with Crippen molar-refractivity contribution in [3.63, 3.8) is 0 Å². The molecule has 1 aromatic carbocycles. The van der Waals surface area contributed by atoms with Gasteiger partial charge in [0.15, 0.2) is 0 Å². The Labute approximate surface area is 168 Å². The second-order valence-electron chi connectivity index (χ2n) is 7.78. The molecule has 2 unspecified atom stereocenters. The quantitative estimate of drug-likeness (QED) is 0.595. The number of nitrogens with one attached hydrogen (secondary N) is 1. The van der Waals surface area contributed by atoms with E-state index in [0.717, 1.165) is 24.8 Å². The predicted octanol–water partition coefficient (Wildman–Crippen LogP) is 4.16. The van der Waals surface area contributed by atoms with E-state index in [0.29, 0.717) is 30.6 Å². The molecule has 5 nitrogen and oxygen atoms in total. The normalized spacial score (nSPS) is 13.0. The van der Waals surface area contributed by atoms with Gasteiger partial charge in [-0.15, -0.1) is 0 Å². The van der Waals surface area contributed by atoms with Gasteiger partial charge in [0, 0.05) is 19.2 Å². The van der Waals surface area contributed by atoms with Gasteiger partial charge in [0.2, 0.25) is 12.3 Å². The Morgan fingerprint density at radius 2 is 1.82 bits per heavy atom. The van der Waals surface area contributed by atoms with Crippen LogP contribution in [0, 0.1) is 11.8 Å². The maximum Gasteiger partial charge on any atom is 0.248 e. The highest BCUT2D eigenvalue weighted by Gasteiger charge is 2.26. The minimum Gasteiger partial charge on any atom is -0.333 e. The lowest BCUT2D eigenvalue weighted by atomic mass is 9.95. The van der Waals surface area contributed by atoms with Crippen LogP contribution in [-0.2, 0) is 16.0 Å². The second kappa shape index (κ2) is 11.2. The van der Waals surface area contributed by atoms with Crippen LogP contribution in [0.1, 0.15) is 39.2 Å². The summed E-state index contributed by atoms with van der Waals surface area (Å²) in [5.74, 6) is 1.39. The van der Waals surface area contributed by atoms with Gasteiger partial charge >= 0.3 is 0 Å². The summed E-state index contributed by atoms with van der Waals surface area (Å²) >= 11 is 0. The Bertz CT molecular complexity index is 719. The van der Waals surface area contributed by atoms with Gasteiger partial charge in [-0.05, 0) is 42.4 Å². The molecule has 1 heterocycles. The predicted molar refractivity (Wildman–Crippen MR) is 113 cm³/mol. The summed E-state index contributed by atoms with van der Waals surface area (Å²) in [4.78, 5) is 30.6. The Balaban J connectivity index is 2.12. The van der Waals surface area contributed by atoms with E-state index in [1.165, 1.54) is 0 Å². The highest BCUT2D eigenvalue weighted by Crippen LogP contribution is 2.17. The van der Waals surface area contributed by atoms with E-state index >= 15 is 0 Å². The first-order chi connectivity index (χ1) is 13.5. The molecule has 0 radical (unpaired) electrons. The molecule has 2 aromatic rings. The lowest BCUT2D eigenvalue weighted by molar-refractivity contribution is -0.129. The third-order valence-electron chi connectivity index (χ3n) is 4.78. The second-order valence-corrected chi connectivity index (χ2v) is 7.78. The molecule has 2 rings (SSSR count). The Morgan fingerprint density at radius 3 is 2.43 bits per heavy atom. The van der Waals surface area contributed by atoms with E-state index in [-0.39, 0.29) is 5.91 Å². The van der Waals surface area contributed by atoms with Gasteiger partial charge in [0.05, 0.1) is 0 Å². The molecule has 0 saturated heterocycles. The van der Waals surface area contributed by atoms with Gasteiger partial charge in [-0.2, -0.15) is 0 Å². The van der Waals surface area contributed by atoms with E-state index in [1.54, 1.807) is 23.2 Å². The molecule has 2 amide bonds. The van der Waals surface area contributed by atoms with Crippen LogP contribution < -0.4 is 5.32 Å². The van der Waals surface area contributed by atoms with Gasteiger partial charge in [-0.25, -0.2) is 4.98 Å². The Hall–Kier alpha value is -2.69. The number of hydrogen-bond donors (Lipinski definition) is 1. The van der Waals surface area contributed by atoms with Gasteiger partial charge in [-0.1, -0.05) is 57.2 Å². The van der Waals surface area contributed by atoms with Crippen molar-refractivity contribution in [2.45, 2.75) is 46.1 Å². The van der Waals surface area contributed by atoms with Crippen LogP contribution >= 0.6 is 0 Å². The van der Waals surface area contributed by atoms with E-state index in [2.05, 4.69) is 31.1 Å². The van der Waals surface area contributed by atoms with Gasteiger partial charge in [0.25, 0.3) is 0 Å². The number of benzene rings is 1. The Kier molecular flexibility index (Phi) is 8.66. The summed E-state index contributed by atoms with van der Waals surface area (Å²) in [7, 11) is 0. The number of aromatic nitrogens is 1. The average Bonchev–Trinajstić information content (AvgIpc) is 2.68. The van der Waals surface area contributed by atoms with E-state index < -0.39 is 6.04 Å². The van der Waals surface area contributed by atoms with Crippen molar-refractivity contribution >= 4 is 18.1 Å². The maximum absolute atomic E-state index is 13.0.